The van der Waals surface area contributed by atoms with Crippen molar-refractivity contribution < 1.29 is 24.9 Å². The lowest BCUT2D eigenvalue weighted by molar-refractivity contribution is 0.00941. The van der Waals surface area contributed by atoms with Crippen LogP contribution in [0.3, 0.4) is 0 Å². The Labute approximate surface area is 306 Å². The predicted octanol–water partition coefficient (Wildman–Crippen LogP) is 8.32. The number of nitrogens with one attached hydrogen (secondary N) is 2. The van der Waals surface area contributed by atoms with Crippen molar-refractivity contribution in [1.29, 1.82) is 0 Å². The maximum absolute atomic E-state index is 12.3. The number of benzene rings is 4. The van der Waals surface area contributed by atoms with E-state index in [2.05, 4.69) is 39.3 Å². The highest BCUT2D eigenvalue weighted by Gasteiger charge is 2.16. The van der Waals surface area contributed by atoms with E-state index in [1.165, 1.54) is 0 Å². The standard InChI is InChI=1S/C20H22ClN3O.C19H17ClN2O4/c1-3-24(4-2)13-14-11-16(6-8-20(14)25)23-18-9-10-22-19-12-15(21)5-7-17(18)19;20-12-5-6-14-17(7-8-21-18(14)9-12)22-16-4-2-1-3-15(16)19(25)26-11-13(24)10-23/h5-12,25H,3-4,13H2,1-2H3,(H,22,23);1-9,13,23-24H,10-11H2,(H,21,22). The summed E-state index contributed by atoms with van der Waals surface area (Å²) in [6.07, 6.45) is 2.31. The van der Waals surface area contributed by atoms with Crippen LogP contribution in [0, 0.1) is 0 Å². The van der Waals surface area contributed by atoms with Crippen LogP contribution in [0.25, 0.3) is 21.8 Å². The molecular weight excluding hydrogens is 689 g/mol. The third-order valence-electron chi connectivity index (χ3n) is 8.09. The normalized spacial score (nSPS) is 11.6. The zero-order chi connectivity index (χ0) is 36.3. The Balaban J connectivity index is 0.000000198. The van der Waals surface area contributed by atoms with Gasteiger partial charge in [-0.3, -0.25) is 14.9 Å². The van der Waals surface area contributed by atoms with Gasteiger partial charge in [0.15, 0.2) is 0 Å². The van der Waals surface area contributed by atoms with Crippen LogP contribution in [0.2, 0.25) is 10.0 Å². The van der Waals surface area contributed by atoms with E-state index in [4.69, 9.17) is 33.0 Å². The number of hydrogen-bond donors (Lipinski definition) is 5. The molecule has 0 bridgehead atoms. The summed E-state index contributed by atoms with van der Waals surface area (Å²) in [5.41, 5.74) is 6.02. The van der Waals surface area contributed by atoms with E-state index in [0.717, 1.165) is 64.1 Å². The molecule has 6 aromatic rings. The number of phenols is 1. The molecule has 6 rings (SSSR count). The Morgan fingerprint density at radius 1 is 0.804 bits per heavy atom. The van der Waals surface area contributed by atoms with Gasteiger partial charge in [0.2, 0.25) is 0 Å². The third kappa shape index (κ3) is 9.84. The van der Waals surface area contributed by atoms with Gasteiger partial charge in [0.25, 0.3) is 0 Å². The summed E-state index contributed by atoms with van der Waals surface area (Å²) in [6, 6.07) is 27.3. The molecule has 0 aliphatic carbocycles. The molecule has 0 saturated heterocycles. The van der Waals surface area contributed by atoms with E-state index in [1.807, 2.05) is 42.5 Å². The number of aromatic hydroxyl groups is 1. The second-order valence-corrected chi connectivity index (χ2v) is 12.4. The zero-order valence-electron chi connectivity index (χ0n) is 28.2. The molecule has 0 amide bonds. The van der Waals surface area contributed by atoms with Crippen molar-refractivity contribution in [2.75, 3.05) is 36.9 Å². The summed E-state index contributed by atoms with van der Waals surface area (Å²) < 4.78 is 5.04. The first-order chi connectivity index (χ1) is 24.7. The van der Waals surface area contributed by atoms with Crippen LogP contribution < -0.4 is 10.6 Å². The topological polar surface area (TPSA) is 140 Å². The summed E-state index contributed by atoms with van der Waals surface area (Å²) in [4.78, 5) is 23.2. The van der Waals surface area contributed by atoms with E-state index >= 15 is 0 Å². The number of esters is 1. The second-order valence-electron chi connectivity index (χ2n) is 11.6. The Morgan fingerprint density at radius 2 is 1.41 bits per heavy atom. The summed E-state index contributed by atoms with van der Waals surface area (Å²) in [7, 11) is 0. The average Bonchev–Trinajstić information content (AvgIpc) is 3.14. The van der Waals surface area contributed by atoms with Crippen molar-refractivity contribution in [3.63, 3.8) is 0 Å². The van der Waals surface area contributed by atoms with E-state index in [1.54, 1.807) is 60.9 Å². The van der Waals surface area contributed by atoms with Gasteiger partial charge in [-0.2, -0.15) is 0 Å². The quantitative estimate of drug-likeness (QED) is 0.0618. The number of aromatic nitrogens is 2. The van der Waals surface area contributed by atoms with Crippen LogP contribution in [-0.2, 0) is 11.3 Å². The molecule has 0 fully saturated rings. The van der Waals surface area contributed by atoms with Crippen molar-refractivity contribution >= 4 is 73.7 Å². The third-order valence-corrected chi connectivity index (χ3v) is 8.56. The monoisotopic (exact) mass is 727 g/mol. The molecule has 10 nitrogen and oxygen atoms in total. The molecule has 1 unspecified atom stereocenters. The predicted molar refractivity (Wildman–Crippen MR) is 205 cm³/mol. The largest absolute Gasteiger partial charge is 0.508 e. The van der Waals surface area contributed by atoms with E-state index in [9.17, 15) is 15.0 Å². The molecule has 51 heavy (non-hydrogen) atoms. The number of pyridine rings is 2. The number of para-hydroxylation sites is 1. The molecule has 0 aliphatic heterocycles. The Bertz CT molecular complexity index is 2110. The summed E-state index contributed by atoms with van der Waals surface area (Å²) >= 11 is 12.1. The molecule has 2 heterocycles. The van der Waals surface area contributed by atoms with E-state index in [0.29, 0.717) is 27.0 Å². The number of nitrogens with zero attached hydrogens (tertiary/aromatic N) is 3. The van der Waals surface area contributed by atoms with Gasteiger partial charge in [-0.1, -0.05) is 49.2 Å². The maximum Gasteiger partial charge on any atom is 0.340 e. The Morgan fingerprint density at radius 3 is 2.02 bits per heavy atom. The fourth-order valence-electron chi connectivity index (χ4n) is 5.31. The van der Waals surface area contributed by atoms with Crippen LogP contribution in [-0.4, -0.2) is 68.6 Å². The molecule has 264 valence electrons. The number of rotatable bonds is 12. The Hall–Kier alpha value is -4.97. The number of carbonyl (C=O) groups excluding carboxylic acids is 1. The minimum Gasteiger partial charge on any atom is -0.508 e. The number of ether oxygens (including phenoxy) is 1. The molecule has 4 aromatic carbocycles. The highest BCUT2D eigenvalue weighted by molar-refractivity contribution is 6.31. The van der Waals surface area contributed by atoms with Crippen LogP contribution in [0.5, 0.6) is 5.75 Å². The highest BCUT2D eigenvalue weighted by atomic mass is 35.5. The first kappa shape index (κ1) is 37.3. The molecule has 2 aromatic heterocycles. The number of fused-ring (bicyclic) bond motifs is 2. The Kier molecular flexibility index (Phi) is 13.0. The van der Waals surface area contributed by atoms with Gasteiger partial charge in [0, 0.05) is 62.4 Å². The van der Waals surface area contributed by atoms with Crippen LogP contribution in [0.1, 0.15) is 29.8 Å². The first-order valence-electron chi connectivity index (χ1n) is 16.4. The molecule has 0 aliphatic rings. The van der Waals surface area contributed by atoms with Crippen molar-refractivity contribution in [3.8, 4) is 5.75 Å². The number of aliphatic hydroxyl groups is 2. The number of aliphatic hydroxyl groups excluding tert-OH is 2. The van der Waals surface area contributed by atoms with E-state index < -0.39 is 18.7 Å². The number of anilines is 4. The minimum atomic E-state index is -1.10. The van der Waals surface area contributed by atoms with Gasteiger partial charge in [-0.15, -0.1) is 0 Å². The zero-order valence-corrected chi connectivity index (χ0v) is 29.7. The molecule has 12 heteroatoms. The number of hydrogen-bond acceptors (Lipinski definition) is 10. The van der Waals surface area contributed by atoms with Gasteiger partial charge >= 0.3 is 5.97 Å². The van der Waals surface area contributed by atoms with Crippen LogP contribution >= 0.6 is 23.2 Å². The number of carbonyl (C=O) groups is 1. The number of phenolic OH excluding ortho intramolecular Hbond substituents is 1. The summed E-state index contributed by atoms with van der Waals surface area (Å²) in [5.74, 6) is -0.272. The van der Waals surface area contributed by atoms with Gasteiger partial charge in [0.05, 0.1) is 28.9 Å². The lowest BCUT2D eigenvalue weighted by Gasteiger charge is -2.19. The maximum atomic E-state index is 12.3. The van der Waals surface area contributed by atoms with Crippen molar-refractivity contribution in [1.82, 2.24) is 14.9 Å². The molecule has 0 saturated carbocycles. The van der Waals surface area contributed by atoms with E-state index in [-0.39, 0.29) is 6.61 Å². The highest BCUT2D eigenvalue weighted by Crippen LogP contribution is 2.31. The molecule has 0 spiro atoms. The average molecular weight is 729 g/mol. The van der Waals surface area contributed by atoms with Gasteiger partial charge in [0.1, 0.15) is 18.5 Å². The minimum absolute atomic E-state index is 0.277. The van der Waals surface area contributed by atoms with Gasteiger partial charge in [-0.05, 0) is 92.0 Å². The molecule has 1 atom stereocenters. The van der Waals surface area contributed by atoms with Gasteiger partial charge in [-0.25, -0.2) is 4.79 Å². The van der Waals surface area contributed by atoms with Gasteiger partial charge < -0.3 is 30.7 Å². The first-order valence-corrected chi connectivity index (χ1v) is 17.2. The summed E-state index contributed by atoms with van der Waals surface area (Å²) in [6.45, 7) is 6.11. The lowest BCUT2D eigenvalue weighted by Crippen LogP contribution is -2.22. The van der Waals surface area contributed by atoms with Crippen molar-refractivity contribution in [2.24, 2.45) is 0 Å². The molecule has 0 radical (unpaired) electrons. The SMILES string of the molecule is CCN(CC)Cc1cc(Nc2ccnc3cc(Cl)ccc23)ccc1O.O=C(OCC(O)CO)c1ccccc1Nc1ccnc2cc(Cl)ccc12. The van der Waals surface area contributed by atoms with Crippen LogP contribution in [0.4, 0.5) is 22.7 Å². The fraction of sp³-hybridized carbons (Fsp3) is 0.205. The van der Waals surface area contributed by atoms with Crippen LogP contribution in [0.15, 0.2) is 103 Å². The second kappa shape index (κ2) is 17.8. The summed E-state index contributed by atoms with van der Waals surface area (Å²) in [5, 5.41) is 38.1. The number of halogens is 2. The van der Waals surface area contributed by atoms with Crippen molar-refractivity contribution in [3.05, 3.63) is 125 Å². The molecule has 5 N–H and O–H groups in total. The fourth-order valence-corrected chi connectivity index (χ4v) is 5.64. The smallest absolute Gasteiger partial charge is 0.340 e. The van der Waals surface area contributed by atoms with Crippen molar-refractivity contribution in [2.45, 2.75) is 26.5 Å². The lowest BCUT2D eigenvalue weighted by atomic mass is 10.1. The molecular formula is C39H39Cl2N5O5.